The molecule has 0 radical (unpaired) electrons. The van der Waals surface area contributed by atoms with Crippen LogP contribution in [-0.4, -0.2) is 10.7 Å². The number of nitrogen functional groups attached to an aromatic ring is 1. The summed E-state index contributed by atoms with van der Waals surface area (Å²) >= 11 is 2.19. The summed E-state index contributed by atoms with van der Waals surface area (Å²) in [6.07, 6.45) is 5.67. The number of rotatable bonds is 7. The van der Waals surface area contributed by atoms with Crippen molar-refractivity contribution in [1.29, 1.82) is 0 Å². The summed E-state index contributed by atoms with van der Waals surface area (Å²) in [7, 11) is -0.748. The van der Waals surface area contributed by atoms with Gasteiger partial charge in [0.2, 0.25) is 0 Å². The number of hydrogen-bond donors (Lipinski definition) is 1. The van der Waals surface area contributed by atoms with Crippen LogP contribution in [0.4, 0.5) is 5.69 Å². The van der Waals surface area contributed by atoms with Crippen LogP contribution in [0.15, 0.2) is 72.8 Å². The van der Waals surface area contributed by atoms with E-state index >= 15 is 0 Å². The first-order valence-electron chi connectivity index (χ1n) is 19.9. The Bertz CT molecular complexity index is 1800. The number of fused-ring (bicyclic) bond motifs is 4. The summed E-state index contributed by atoms with van der Waals surface area (Å²) in [4.78, 5) is 0.421. The average molecular weight is 732 g/mol. The standard InChI is InChI=1S/C49H66NPS/c1-14-52-42(25-34-19-15-17-32-21-23-49(43(32)34)24-22-33-18-16-20-41(50)44(33)49)51(39-28-35(45(2,3)4)26-36(29-39)46(5,6)7)40-30-37(47(8,9)10)27-38(31-40)48(11,12)13/h15-20,26-31,42H,14,21-25,50H2,1-13H3/t42?,49-/m1/s1. The van der Waals surface area contributed by atoms with Crippen LogP contribution in [0.25, 0.3) is 0 Å². The Morgan fingerprint density at radius 2 is 1.04 bits per heavy atom. The van der Waals surface area contributed by atoms with Gasteiger partial charge in [-0.2, -0.15) is 11.8 Å². The molecule has 0 amide bonds. The van der Waals surface area contributed by atoms with Crippen LogP contribution < -0.4 is 16.3 Å². The molecule has 3 heteroatoms. The lowest BCUT2D eigenvalue weighted by Crippen LogP contribution is -2.29. The lowest BCUT2D eigenvalue weighted by molar-refractivity contribution is 0.505. The molecule has 4 aromatic rings. The number of benzene rings is 4. The molecule has 0 aromatic heterocycles. The van der Waals surface area contributed by atoms with Crippen molar-refractivity contribution in [3.05, 3.63) is 123 Å². The van der Waals surface area contributed by atoms with Gasteiger partial charge in [0.05, 0.1) is 0 Å². The molecule has 1 unspecified atom stereocenters. The van der Waals surface area contributed by atoms with Crippen LogP contribution in [0.3, 0.4) is 0 Å². The third kappa shape index (κ3) is 7.55. The van der Waals surface area contributed by atoms with Gasteiger partial charge in [-0.1, -0.05) is 157 Å². The Balaban J connectivity index is 1.61. The highest BCUT2D eigenvalue weighted by Gasteiger charge is 2.47. The molecule has 2 aliphatic rings. The second kappa shape index (κ2) is 13.9. The minimum Gasteiger partial charge on any atom is -0.398 e. The van der Waals surface area contributed by atoms with Crippen molar-refractivity contribution in [1.82, 2.24) is 0 Å². The average Bonchev–Trinajstić information content (AvgIpc) is 3.61. The monoisotopic (exact) mass is 731 g/mol. The molecule has 0 saturated heterocycles. The highest BCUT2D eigenvalue weighted by atomic mass is 32.2. The summed E-state index contributed by atoms with van der Waals surface area (Å²) < 4.78 is 0. The lowest BCUT2D eigenvalue weighted by atomic mass is 9.74. The minimum absolute atomic E-state index is 0.0356. The highest BCUT2D eigenvalue weighted by Crippen LogP contribution is 2.57. The third-order valence-corrected chi connectivity index (χ3v) is 16.3. The third-order valence-electron chi connectivity index (χ3n) is 11.9. The van der Waals surface area contributed by atoms with E-state index in [2.05, 4.69) is 175 Å². The SMILES string of the molecule is CCSC(Cc1cccc2c1[C@]1(CCc3cccc(N)c31)CC2)P(c1cc(C(C)(C)C)cc(C(C)(C)C)c1)c1cc(C(C)(C)C)cc(C(C)(C)C)c1. The van der Waals surface area contributed by atoms with E-state index in [0.29, 0.717) is 4.99 Å². The van der Waals surface area contributed by atoms with Gasteiger partial charge in [-0.25, -0.2) is 0 Å². The van der Waals surface area contributed by atoms with E-state index in [1.807, 2.05) is 0 Å². The molecule has 52 heavy (non-hydrogen) atoms. The van der Waals surface area contributed by atoms with Gasteiger partial charge in [0, 0.05) is 16.1 Å². The molecule has 6 rings (SSSR count). The number of thioether (sulfide) groups is 1. The predicted molar refractivity (Wildman–Crippen MR) is 234 cm³/mol. The molecule has 0 heterocycles. The zero-order chi connectivity index (χ0) is 38.0. The summed E-state index contributed by atoms with van der Waals surface area (Å²) in [5.41, 5.74) is 21.5. The highest BCUT2D eigenvalue weighted by molar-refractivity contribution is 8.07. The van der Waals surface area contributed by atoms with Crippen molar-refractivity contribution in [2.24, 2.45) is 0 Å². The quantitative estimate of drug-likeness (QED) is 0.151. The van der Waals surface area contributed by atoms with Gasteiger partial charge in [-0.3, -0.25) is 0 Å². The van der Waals surface area contributed by atoms with Crippen molar-refractivity contribution in [3.8, 4) is 0 Å². The largest absolute Gasteiger partial charge is 0.398 e. The summed E-state index contributed by atoms with van der Waals surface area (Å²) in [6.45, 7) is 31.0. The van der Waals surface area contributed by atoms with E-state index in [0.717, 1.165) is 30.7 Å². The topological polar surface area (TPSA) is 26.0 Å². The molecule has 1 spiro atoms. The van der Waals surface area contributed by atoms with Crippen LogP contribution in [-0.2, 0) is 46.3 Å². The molecule has 2 atom stereocenters. The van der Waals surface area contributed by atoms with E-state index in [1.165, 1.54) is 56.8 Å². The molecule has 2 N–H and O–H groups in total. The van der Waals surface area contributed by atoms with Gasteiger partial charge in [0.25, 0.3) is 0 Å². The normalized spacial score (nSPS) is 18.3. The number of aryl methyl sites for hydroxylation is 2. The van der Waals surface area contributed by atoms with Crippen molar-refractivity contribution in [2.45, 2.75) is 154 Å². The molecular weight excluding hydrogens is 666 g/mol. The maximum Gasteiger partial charge on any atom is 0.0369 e. The molecule has 0 saturated carbocycles. The first-order chi connectivity index (χ1) is 24.1. The Morgan fingerprint density at radius 1 is 0.615 bits per heavy atom. The number of hydrogen-bond acceptors (Lipinski definition) is 2. The number of nitrogens with two attached hydrogens (primary N) is 1. The first-order valence-corrected chi connectivity index (χ1v) is 22.3. The molecule has 0 fully saturated rings. The molecule has 278 valence electrons. The fourth-order valence-electron chi connectivity index (χ4n) is 8.82. The van der Waals surface area contributed by atoms with Crippen LogP contribution in [0.5, 0.6) is 0 Å². The Hall–Kier alpha value is -2.54. The van der Waals surface area contributed by atoms with Crippen molar-refractivity contribution in [3.63, 3.8) is 0 Å². The summed E-state index contributed by atoms with van der Waals surface area (Å²) in [5.74, 6) is 1.09. The van der Waals surface area contributed by atoms with Gasteiger partial charge in [0.15, 0.2) is 0 Å². The number of anilines is 1. The smallest absolute Gasteiger partial charge is 0.0369 e. The maximum atomic E-state index is 6.88. The Labute approximate surface area is 323 Å². The molecule has 2 aliphatic carbocycles. The predicted octanol–water partition coefficient (Wildman–Crippen LogP) is 12.4. The van der Waals surface area contributed by atoms with Crippen molar-refractivity contribution in [2.75, 3.05) is 11.5 Å². The van der Waals surface area contributed by atoms with E-state index in [9.17, 15) is 0 Å². The lowest BCUT2D eigenvalue weighted by Gasteiger charge is -2.35. The minimum atomic E-state index is -0.748. The summed E-state index contributed by atoms with van der Waals surface area (Å²) in [6, 6.07) is 29.3. The zero-order valence-corrected chi connectivity index (χ0v) is 36.4. The van der Waals surface area contributed by atoms with Crippen molar-refractivity contribution >= 4 is 36.0 Å². The van der Waals surface area contributed by atoms with Crippen molar-refractivity contribution < 1.29 is 0 Å². The van der Waals surface area contributed by atoms with Gasteiger partial charge in [0.1, 0.15) is 0 Å². The zero-order valence-electron chi connectivity index (χ0n) is 34.7. The fraction of sp³-hybridized carbons (Fsp3) is 0.510. The molecule has 0 aliphatic heterocycles. The molecule has 1 nitrogen and oxygen atoms in total. The van der Waals surface area contributed by atoms with Gasteiger partial charge in [-0.15, -0.1) is 0 Å². The van der Waals surface area contributed by atoms with Crippen LogP contribution in [0.1, 0.15) is 153 Å². The van der Waals surface area contributed by atoms with E-state index in [4.69, 9.17) is 5.73 Å². The van der Waals surface area contributed by atoms with Crippen LogP contribution in [0.2, 0.25) is 0 Å². The second-order valence-corrected chi connectivity index (χ2v) is 24.2. The molecular formula is C49H66NPS. The summed E-state index contributed by atoms with van der Waals surface area (Å²) in [5, 5.41) is 3.06. The van der Waals surface area contributed by atoms with Crippen LogP contribution in [0, 0.1) is 0 Å². The Kier molecular flexibility index (Phi) is 10.5. The van der Waals surface area contributed by atoms with E-state index in [1.54, 1.807) is 16.7 Å². The molecule has 0 bridgehead atoms. The van der Waals surface area contributed by atoms with E-state index in [-0.39, 0.29) is 27.1 Å². The maximum absolute atomic E-state index is 6.88. The first kappa shape index (κ1) is 39.2. The van der Waals surface area contributed by atoms with Gasteiger partial charge >= 0.3 is 0 Å². The Morgan fingerprint density at radius 3 is 1.46 bits per heavy atom. The van der Waals surface area contributed by atoms with E-state index < -0.39 is 7.92 Å². The van der Waals surface area contributed by atoms with Gasteiger partial charge in [-0.05, 0) is 134 Å². The van der Waals surface area contributed by atoms with Gasteiger partial charge < -0.3 is 5.73 Å². The van der Waals surface area contributed by atoms with Crippen LogP contribution >= 0.6 is 19.7 Å². The second-order valence-electron chi connectivity index (χ2n) is 19.9. The molecule has 4 aromatic carbocycles. The fourth-order valence-corrected chi connectivity index (χ4v) is 13.7.